The second kappa shape index (κ2) is 8.15. The summed E-state index contributed by atoms with van der Waals surface area (Å²) in [6.07, 6.45) is 1.75. The molecular formula is C20H18BrClN2O3. The quantitative estimate of drug-likeness (QED) is 0.758. The minimum absolute atomic E-state index is 0.0614. The highest BCUT2D eigenvalue weighted by Gasteiger charge is 2.22. The zero-order chi connectivity index (χ0) is 19.6. The van der Waals surface area contributed by atoms with Gasteiger partial charge in [-0.2, -0.15) is 0 Å². The van der Waals surface area contributed by atoms with Crippen LogP contribution in [0, 0.1) is 6.92 Å². The summed E-state index contributed by atoms with van der Waals surface area (Å²) in [7, 11) is 1.59. The van der Waals surface area contributed by atoms with Gasteiger partial charge in [0.05, 0.1) is 12.1 Å². The molecule has 2 aromatic rings. The number of carbonyl (C=O) groups is 2. The van der Waals surface area contributed by atoms with Crippen LogP contribution < -0.4 is 10.1 Å². The number of anilines is 1. The first-order valence-corrected chi connectivity index (χ1v) is 9.45. The second-order valence-electron chi connectivity index (χ2n) is 6.31. The molecule has 5 nitrogen and oxygen atoms in total. The average molecular weight is 450 g/mol. The van der Waals surface area contributed by atoms with Gasteiger partial charge in [-0.3, -0.25) is 9.59 Å². The number of nitrogens with zero attached hydrogens (tertiary/aromatic N) is 1. The van der Waals surface area contributed by atoms with Gasteiger partial charge in [-0.05, 0) is 55.0 Å². The smallest absolute Gasteiger partial charge is 0.253 e. The molecule has 27 heavy (non-hydrogen) atoms. The number of carbonyl (C=O) groups excluding carboxylic acids is 2. The molecule has 0 radical (unpaired) electrons. The van der Waals surface area contributed by atoms with E-state index in [0.29, 0.717) is 22.0 Å². The van der Waals surface area contributed by atoms with Crippen molar-refractivity contribution in [3.63, 3.8) is 0 Å². The SMILES string of the molecule is Cc1cc(Br)ccc1NC(=O)CN(C)C(=O)C1=Cc2cc(Cl)ccc2OC1. The fraction of sp³-hybridized carbons (Fsp3) is 0.200. The van der Waals surface area contributed by atoms with Gasteiger partial charge in [0.1, 0.15) is 12.4 Å². The fourth-order valence-electron chi connectivity index (χ4n) is 2.76. The lowest BCUT2D eigenvalue weighted by Crippen LogP contribution is -2.37. The normalized spacial score (nSPS) is 12.5. The minimum Gasteiger partial charge on any atom is -0.488 e. The van der Waals surface area contributed by atoms with E-state index in [1.165, 1.54) is 4.90 Å². The van der Waals surface area contributed by atoms with Crippen molar-refractivity contribution in [3.05, 3.63) is 62.6 Å². The lowest BCUT2D eigenvalue weighted by atomic mass is 10.1. The molecule has 0 atom stereocenters. The number of amides is 2. The van der Waals surface area contributed by atoms with Crippen LogP contribution in [0.2, 0.25) is 5.02 Å². The second-order valence-corrected chi connectivity index (χ2v) is 7.66. The lowest BCUT2D eigenvalue weighted by molar-refractivity contribution is -0.130. The number of aryl methyl sites for hydroxylation is 1. The molecule has 1 N–H and O–H groups in total. The largest absolute Gasteiger partial charge is 0.488 e. The molecule has 0 saturated heterocycles. The van der Waals surface area contributed by atoms with E-state index in [9.17, 15) is 9.59 Å². The first-order valence-electron chi connectivity index (χ1n) is 8.28. The molecule has 0 bridgehead atoms. The number of fused-ring (bicyclic) bond motifs is 1. The maximum atomic E-state index is 12.7. The van der Waals surface area contributed by atoms with E-state index in [1.807, 2.05) is 25.1 Å². The van der Waals surface area contributed by atoms with Crippen molar-refractivity contribution >= 4 is 51.1 Å². The zero-order valence-corrected chi connectivity index (χ0v) is 17.2. The molecule has 0 spiro atoms. The first kappa shape index (κ1) is 19.5. The van der Waals surface area contributed by atoms with Crippen molar-refractivity contribution in [2.45, 2.75) is 6.92 Å². The van der Waals surface area contributed by atoms with Crippen molar-refractivity contribution in [1.29, 1.82) is 0 Å². The number of benzene rings is 2. The molecule has 7 heteroatoms. The van der Waals surface area contributed by atoms with E-state index in [4.69, 9.17) is 16.3 Å². The number of ether oxygens (including phenoxy) is 1. The molecule has 0 saturated carbocycles. The fourth-order valence-corrected chi connectivity index (χ4v) is 3.42. The van der Waals surface area contributed by atoms with Crippen molar-refractivity contribution in [2.75, 3.05) is 25.5 Å². The summed E-state index contributed by atoms with van der Waals surface area (Å²) in [5, 5.41) is 3.40. The third-order valence-electron chi connectivity index (χ3n) is 4.15. The molecule has 2 amide bonds. The van der Waals surface area contributed by atoms with Crippen molar-refractivity contribution in [3.8, 4) is 5.75 Å². The Bertz CT molecular complexity index is 943. The standard InChI is InChI=1S/C20H18BrClN2O3/c1-12-7-15(21)3-5-17(12)23-19(25)10-24(2)20(26)14-8-13-9-16(22)4-6-18(13)27-11-14/h3-9H,10-11H2,1-2H3,(H,23,25). The topological polar surface area (TPSA) is 58.6 Å². The van der Waals surface area contributed by atoms with Gasteiger partial charge in [0.15, 0.2) is 0 Å². The molecule has 0 aromatic heterocycles. The lowest BCUT2D eigenvalue weighted by Gasteiger charge is -2.22. The molecule has 1 aliphatic rings. The van der Waals surface area contributed by atoms with Crippen LogP contribution in [0.4, 0.5) is 5.69 Å². The summed E-state index contributed by atoms with van der Waals surface area (Å²) in [6.45, 7) is 2.00. The summed E-state index contributed by atoms with van der Waals surface area (Å²) in [6, 6.07) is 10.8. The van der Waals surface area contributed by atoms with Gasteiger partial charge in [-0.25, -0.2) is 0 Å². The van der Waals surface area contributed by atoms with Crippen LogP contribution in [-0.4, -0.2) is 36.9 Å². The number of hydrogen-bond acceptors (Lipinski definition) is 3. The Morgan fingerprint density at radius 3 is 2.78 bits per heavy atom. The maximum absolute atomic E-state index is 12.7. The van der Waals surface area contributed by atoms with Gasteiger partial charge in [0, 0.05) is 27.8 Å². The molecule has 0 unspecified atom stereocenters. The number of halogens is 2. The summed E-state index contributed by atoms with van der Waals surface area (Å²) in [5.41, 5.74) is 2.87. The molecule has 0 fully saturated rings. The molecule has 140 valence electrons. The van der Waals surface area contributed by atoms with Crippen molar-refractivity contribution in [1.82, 2.24) is 4.90 Å². The Labute approximate surface area is 171 Å². The highest BCUT2D eigenvalue weighted by atomic mass is 79.9. The highest BCUT2D eigenvalue weighted by Crippen LogP contribution is 2.29. The van der Waals surface area contributed by atoms with E-state index in [-0.39, 0.29) is 25.0 Å². The molecule has 2 aromatic carbocycles. The Balaban J connectivity index is 1.66. The van der Waals surface area contributed by atoms with Gasteiger partial charge >= 0.3 is 0 Å². The maximum Gasteiger partial charge on any atom is 0.253 e. The van der Waals surface area contributed by atoms with E-state index in [0.717, 1.165) is 15.6 Å². The third kappa shape index (κ3) is 4.70. The summed E-state index contributed by atoms with van der Waals surface area (Å²) in [5.74, 6) is 0.155. The predicted octanol–water partition coefficient (Wildman–Crippen LogP) is 4.28. The number of nitrogens with one attached hydrogen (secondary N) is 1. The van der Waals surface area contributed by atoms with Gasteiger partial charge in [0.2, 0.25) is 5.91 Å². The summed E-state index contributed by atoms with van der Waals surface area (Å²) >= 11 is 9.39. The Morgan fingerprint density at radius 2 is 2.04 bits per heavy atom. The van der Waals surface area contributed by atoms with Crippen LogP contribution in [-0.2, 0) is 9.59 Å². The van der Waals surface area contributed by atoms with Crippen molar-refractivity contribution < 1.29 is 14.3 Å². The van der Waals surface area contributed by atoms with Crippen LogP contribution in [0.15, 0.2) is 46.4 Å². The van der Waals surface area contributed by atoms with Crippen LogP contribution >= 0.6 is 27.5 Å². The van der Waals surface area contributed by atoms with E-state index >= 15 is 0 Å². The summed E-state index contributed by atoms with van der Waals surface area (Å²) < 4.78 is 6.55. The van der Waals surface area contributed by atoms with E-state index < -0.39 is 0 Å². The minimum atomic E-state index is -0.267. The van der Waals surface area contributed by atoms with Crippen LogP contribution in [0.3, 0.4) is 0 Å². The Kier molecular flexibility index (Phi) is 5.87. The molecule has 0 aliphatic carbocycles. The number of rotatable bonds is 4. The van der Waals surface area contributed by atoms with Crippen LogP contribution in [0.5, 0.6) is 5.75 Å². The monoisotopic (exact) mass is 448 g/mol. The zero-order valence-electron chi connectivity index (χ0n) is 14.9. The van der Waals surface area contributed by atoms with E-state index in [2.05, 4.69) is 21.2 Å². The highest BCUT2D eigenvalue weighted by molar-refractivity contribution is 9.10. The van der Waals surface area contributed by atoms with Crippen LogP contribution in [0.1, 0.15) is 11.1 Å². The Morgan fingerprint density at radius 1 is 1.26 bits per heavy atom. The molecular weight excluding hydrogens is 432 g/mol. The number of likely N-dealkylation sites (N-methyl/N-ethyl adjacent to an activating group) is 1. The van der Waals surface area contributed by atoms with Gasteiger partial charge in [-0.15, -0.1) is 0 Å². The average Bonchev–Trinajstić information content (AvgIpc) is 2.62. The third-order valence-corrected chi connectivity index (χ3v) is 4.88. The van der Waals surface area contributed by atoms with Crippen molar-refractivity contribution in [2.24, 2.45) is 0 Å². The van der Waals surface area contributed by atoms with Gasteiger partial charge in [0.25, 0.3) is 5.91 Å². The molecule has 1 heterocycles. The Hall–Kier alpha value is -2.31. The number of hydrogen-bond donors (Lipinski definition) is 1. The van der Waals surface area contributed by atoms with Crippen LogP contribution in [0.25, 0.3) is 6.08 Å². The molecule has 1 aliphatic heterocycles. The van der Waals surface area contributed by atoms with Gasteiger partial charge < -0.3 is 15.0 Å². The van der Waals surface area contributed by atoms with Gasteiger partial charge in [-0.1, -0.05) is 27.5 Å². The van der Waals surface area contributed by atoms with E-state index in [1.54, 1.807) is 31.3 Å². The first-order chi connectivity index (χ1) is 12.8. The summed E-state index contributed by atoms with van der Waals surface area (Å²) in [4.78, 5) is 26.3. The predicted molar refractivity (Wildman–Crippen MR) is 110 cm³/mol. The molecule has 3 rings (SSSR count).